The summed E-state index contributed by atoms with van der Waals surface area (Å²) in [4.78, 5) is 5.75. The molecule has 6 heteroatoms. The normalized spacial score (nSPS) is 12.9. The predicted molar refractivity (Wildman–Crippen MR) is 91.4 cm³/mol. The molecule has 0 fully saturated rings. The van der Waals surface area contributed by atoms with Crippen LogP contribution in [0.25, 0.3) is 4.96 Å². The van der Waals surface area contributed by atoms with Crippen molar-refractivity contribution in [3.8, 4) is 0 Å². The molecule has 3 nitrogen and oxygen atoms in total. The third-order valence-electron chi connectivity index (χ3n) is 3.13. The van der Waals surface area contributed by atoms with E-state index in [0.717, 1.165) is 27.2 Å². The van der Waals surface area contributed by atoms with E-state index in [4.69, 9.17) is 22.3 Å². The quantitative estimate of drug-likeness (QED) is 0.708. The summed E-state index contributed by atoms with van der Waals surface area (Å²) in [5.74, 6) is 0.883. The summed E-state index contributed by atoms with van der Waals surface area (Å²) in [7, 11) is 0. The summed E-state index contributed by atoms with van der Waals surface area (Å²) in [6.07, 6.45) is 2.90. The van der Waals surface area contributed by atoms with Gasteiger partial charge in [0.2, 0.25) is 0 Å². The number of fused-ring (bicyclic) bond motifs is 1. The summed E-state index contributed by atoms with van der Waals surface area (Å²) in [5.41, 5.74) is 8.43. The zero-order valence-corrected chi connectivity index (χ0v) is 14.0. The molecule has 0 aliphatic heterocycles. The summed E-state index contributed by atoms with van der Waals surface area (Å²) in [6, 6.07) is 8.08. The molecule has 0 aliphatic carbocycles. The van der Waals surface area contributed by atoms with Crippen molar-refractivity contribution in [2.45, 2.75) is 30.2 Å². The Kier molecular flexibility index (Phi) is 4.54. The highest BCUT2D eigenvalue weighted by Gasteiger charge is 2.15. The summed E-state index contributed by atoms with van der Waals surface area (Å²) >= 11 is 9.32. The Bertz CT molecular complexity index is 731. The minimum atomic E-state index is 0.125. The number of hydrogen-bond acceptors (Lipinski definition) is 4. The highest BCUT2D eigenvalue weighted by Crippen LogP contribution is 2.29. The minimum Gasteiger partial charge on any atom is -0.328 e. The van der Waals surface area contributed by atoms with Crippen LogP contribution in [0.3, 0.4) is 0 Å². The molecular weight excluding hydrogens is 322 g/mol. The Morgan fingerprint density at radius 1 is 1.38 bits per heavy atom. The molecule has 0 amide bonds. The topological polar surface area (TPSA) is 43.3 Å². The van der Waals surface area contributed by atoms with E-state index in [2.05, 4.69) is 28.1 Å². The largest absolute Gasteiger partial charge is 0.328 e. The molecule has 0 aliphatic rings. The van der Waals surface area contributed by atoms with Crippen LogP contribution in [0.1, 0.15) is 18.2 Å². The molecule has 0 saturated carbocycles. The number of benzene rings is 1. The fourth-order valence-electron chi connectivity index (χ4n) is 2.15. The molecule has 1 aromatic carbocycles. The van der Waals surface area contributed by atoms with E-state index in [1.54, 1.807) is 23.1 Å². The van der Waals surface area contributed by atoms with Crippen molar-refractivity contribution < 1.29 is 0 Å². The maximum Gasteiger partial charge on any atom is 0.194 e. The molecule has 0 saturated heterocycles. The van der Waals surface area contributed by atoms with Crippen LogP contribution in [0.2, 0.25) is 5.02 Å². The molecule has 3 aromatic rings. The van der Waals surface area contributed by atoms with Crippen LogP contribution in [0.4, 0.5) is 0 Å². The minimum absolute atomic E-state index is 0.125. The number of nitrogens with zero attached hydrogens (tertiary/aromatic N) is 2. The smallest absolute Gasteiger partial charge is 0.194 e. The number of halogens is 1. The molecular formula is C15H16ClN3S2. The van der Waals surface area contributed by atoms with Gasteiger partial charge in [0.05, 0.1) is 5.69 Å². The molecule has 2 N–H and O–H groups in total. The molecule has 0 radical (unpaired) electrons. The Morgan fingerprint density at radius 3 is 2.86 bits per heavy atom. The van der Waals surface area contributed by atoms with Gasteiger partial charge in [0, 0.05) is 34.8 Å². The van der Waals surface area contributed by atoms with Crippen molar-refractivity contribution in [2.24, 2.45) is 5.73 Å². The van der Waals surface area contributed by atoms with Gasteiger partial charge in [0.25, 0.3) is 0 Å². The van der Waals surface area contributed by atoms with Gasteiger partial charge in [0.15, 0.2) is 4.96 Å². The van der Waals surface area contributed by atoms with E-state index in [-0.39, 0.29) is 6.04 Å². The number of thiazole rings is 1. The zero-order valence-electron chi connectivity index (χ0n) is 11.6. The van der Waals surface area contributed by atoms with Gasteiger partial charge in [-0.15, -0.1) is 11.3 Å². The monoisotopic (exact) mass is 337 g/mol. The van der Waals surface area contributed by atoms with Crippen LogP contribution >= 0.6 is 34.7 Å². The molecule has 1 atom stereocenters. The van der Waals surface area contributed by atoms with Gasteiger partial charge in [-0.2, -0.15) is 0 Å². The Labute approximate surface area is 137 Å². The second kappa shape index (κ2) is 6.40. The second-order valence-electron chi connectivity index (χ2n) is 5.02. The van der Waals surface area contributed by atoms with Gasteiger partial charge < -0.3 is 5.73 Å². The second-order valence-corrected chi connectivity index (χ2v) is 7.29. The maximum absolute atomic E-state index is 5.97. The average Bonchev–Trinajstić information content (AvgIpc) is 3.01. The molecule has 3 rings (SSSR count). The van der Waals surface area contributed by atoms with Gasteiger partial charge in [-0.05, 0) is 24.6 Å². The lowest BCUT2D eigenvalue weighted by molar-refractivity contribution is 0.706. The van der Waals surface area contributed by atoms with Crippen LogP contribution in [-0.2, 0) is 12.2 Å². The van der Waals surface area contributed by atoms with Crippen molar-refractivity contribution in [3.63, 3.8) is 0 Å². The third kappa shape index (κ3) is 3.43. The number of nitrogens with two attached hydrogens (primary N) is 1. The van der Waals surface area contributed by atoms with Gasteiger partial charge in [-0.3, -0.25) is 4.40 Å². The molecule has 21 heavy (non-hydrogen) atoms. The average molecular weight is 338 g/mol. The van der Waals surface area contributed by atoms with Crippen LogP contribution < -0.4 is 5.73 Å². The van der Waals surface area contributed by atoms with E-state index in [1.807, 2.05) is 19.1 Å². The van der Waals surface area contributed by atoms with E-state index in [0.29, 0.717) is 0 Å². The van der Waals surface area contributed by atoms with Gasteiger partial charge in [0.1, 0.15) is 5.03 Å². The lowest BCUT2D eigenvalue weighted by Gasteiger charge is -2.07. The van der Waals surface area contributed by atoms with Crippen molar-refractivity contribution in [1.29, 1.82) is 0 Å². The number of aromatic nitrogens is 2. The highest BCUT2D eigenvalue weighted by atomic mass is 35.5. The summed E-state index contributed by atoms with van der Waals surface area (Å²) < 4.78 is 2.15. The van der Waals surface area contributed by atoms with Crippen LogP contribution in [-0.4, -0.2) is 15.4 Å². The molecule has 2 aromatic heterocycles. The van der Waals surface area contributed by atoms with Crippen LogP contribution in [0.15, 0.2) is 40.9 Å². The van der Waals surface area contributed by atoms with E-state index >= 15 is 0 Å². The number of imidazole rings is 1. The van der Waals surface area contributed by atoms with Crippen molar-refractivity contribution in [3.05, 3.63) is 52.1 Å². The zero-order chi connectivity index (χ0) is 14.8. The SMILES string of the molecule is CC(N)Cc1c(SCc2ccc(Cl)cc2)nc2sccn12. The Hall–Kier alpha value is -1.01. The Morgan fingerprint density at radius 2 is 2.14 bits per heavy atom. The number of thioether (sulfide) groups is 1. The van der Waals surface area contributed by atoms with Gasteiger partial charge >= 0.3 is 0 Å². The van der Waals surface area contributed by atoms with E-state index < -0.39 is 0 Å². The van der Waals surface area contributed by atoms with E-state index in [1.165, 1.54) is 11.3 Å². The van der Waals surface area contributed by atoms with E-state index in [9.17, 15) is 0 Å². The molecule has 0 spiro atoms. The van der Waals surface area contributed by atoms with Crippen LogP contribution in [0.5, 0.6) is 0 Å². The molecule has 0 bridgehead atoms. The number of rotatable bonds is 5. The van der Waals surface area contributed by atoms with Crippen molar-refractivity contribution >= 4 is 39.7 Å². The van der Waals surface area contributed by atoms with Crippen molar-refractivity contribution in [2.75, 3.05) is 0 Å². The van der Waals surface area contributed by atoms with Gasteiger partial charge in [-0.25, -0.2) is 4.98 Å². The molecule has 1 unspecified atom stereocenters. The fraction of sp³-hybridized carbons (Fsp3) is 0.267. The first kappa shape index (κ1) is 14.9. The Balaban J connectivity index is 1.82. The standard InChI is InChI=1S/C15H16ClN3S2/c1-10(17)8-13-14(18-15-19(13)6-7-20-15)21-9-11-2-4-12(16)5-3-11/h2-7,10H,8-9,17H2,1H3. The van der Waals surface area contributed by atoms with Crippen LogP contribution in [0, 0.1) is 0 Å². The van der Waals surface area contributed by atoms with Gasteiger partial charge in [-0.1, -0.05) is 35.5 Å². The fourth-order valence-corrected chi connectivity index (χ4v) is 4.06. The number of hydrogen-bond donors (Lipinski definition) is 1. The van der Waals surface area contributed by atoms with Crippen molar-refractivity contribution in [1.82, 2.24) is 9.38 Å². The molecule has 2 heterocycles. The molecule has 110 valence electrons. The summed E-state index contributed by atoms with van der Waals surface area (Å²) in [6.45, 7) is 2.03. The summed E-state index contributed by atoms with van der Waals surface area (Å²) in [5, 5.41) is 3.90. The highest BCUT2D eigenvalue weighted by molar-refractivity contribution is 7.98. The maximum atomic E-state index is 5.97. The lowest BCUT2D eigenvalue weighted by Crippen LogP contribution is -2.19. The first-order valence-electron chi connectivity index (χ1n) is 6.70. The first-order valence-corrected chi connectivity index (χ1v) is 8.95. The third-order valence-corrected chi connectivity index (χ3v) is 5.22. The lowest BCUT2D eigenvalue weighted by atomic mass is 10.2. The first-order chi connectivity index (χ1) is 10.1. The predicted octanol–water partition coefficient (Wildman–Crippen LogP) is 4.23.